The SMILES string of the molecule is Cc1cc(N)ccc1S(=O)(=O)N1CCCC(C(N)=O)C1. The van der Waals surface area contributed by atoms with Gasteiger partial charge in [-0.1, -0.05) is 0 Å². The molecule has 0 aromatic heterocycles. The second-order valence-corrected chi connectivity index (χ2v) is 7.04. The van der Waals surface area contributed by atoms with E-state index in [1.807, 2.05) is 0 Å². The third-order valence-electron chi connectivity index (χ3n) is 3.60. The molecule has 2 rings (SSSR count). The van der Waals surface area contributed by atoms with Crippen LogP contribution in [0.2, 0.25) is 0 Å². The first-order valence-electron chi connectivity index (χ1n) is 6.48. The topological polar surface area (TPSA) is 106 Å². The van der Waals surface area contributed by atoms with Crippen LogP contribution in [0.1, 0.15) is 18.4 Å². The number of rotatable bonds is 3. The molecule has 1 unspecified atom stereocenters. The van der Waals surface area contributed by atoms with Gasteiger partial charge in [0.05, 0.1) is 10.8 Å². The molecule has 4 N–H and O–H groups in total. The Labute approximate surface area is 118 Å². The van der Waals surface area contributed by atoms with Gasteiger partial charge in [-0.2, -0.15) is 4.31 Å². The molecule has 1 aliphatic heterocycles. The summed E-state index contributed by atoms with van der Waals surface area (Å²) in [6, 6.07) is 4.70. The van der Waals surface area contributed by atoms with Gasteiger partial charge in [-0.3, -0.25) is 4.79 Å². The molecule has 0 saturated carbocycles. The lowest BCUT2D eigenvalue weighted by molar-refractivity contribution is -0.122. The minimum absolute atomic E-state index is 0.154. The Bertz CT molecular complexity index is 628. The smallest absolute Gasteiger partial charge is 0.243 e. The average molecular weight is 297 g/mol. The molecule has 0 aliphatic carbocycles. The highest BCUT2D eigenvalue weighted by Crippen LogP contribution is 2.26. The van der Waals surface area contributed by atoms with Gasteiger partial charge in [0.15, 0.2) is 0 Å². The lowest BCUT2D eigenvalue weighted by atomic mass is 9.99. The number of piperidine rings is 1. The van der Waals surface area contributed by atoms with Crippen LogP contribution >= 0.6 is 0 Å². The zero-order chi connectivity index (χ0) is 14.9. The van der Waals surface area contributed by atoms with E-state index in [4.69, 9.17) is 11.5 Å². The molecule has 1 amide bonds. The minimum Gasteiger partial charge on any atom is -0.399 e. The Morgan fingerprint density at radius 1 is 1.40 bits per heavy atom. The predicted molar refractivity (Wildman–Crippen MR) is 76.3 cm³/mol. The Kier molecular flexibility index (Phi) is 4.01. The number of hydrogen-bond donors (Lipinski definition) is 2. The van der Waals surface area contributed by atoms with Crippen molar-refractivity contribution in [2.24, 2.45) is 11.7 Å². The average Bonchev–Trinajstić information content (AvgIpc) is 2.38. The van der Waals surface area contributed by atoms with Gasteiger partial charge in [-0.05, 0) is 43.5 Å². The van der Waals surface area contributed by atoms with Crippen molar-refractivity contribution in [3.05, 3.63) is 23.8 Å². The summed E-state index contributed by atoms with van der Waals surface area (Å²) in [5.41, 5.74) is 12.1. The Morgan fingerprint density at radius 2 is 2.10 bits per heavy atom. The fourth-order valence-electron chi connectivity index (χ4n) is 2.49. The van der Waals surface area contributed by atoms with E-state index in [9.17, 15) is 13.2 Å². The second-order valence-electron chi connectivity index (χ2n) is 5.13. The molecule has 1 saturated heterocycles. The molecule has 110 valence electrons. The maximum atomic E-state index is 12.6. The summed E-state index contributed by atoms with van der Waals surface area (Å²) >= 11 is 0. The molecule has 1 aliphatic rings. The lowest BCUT2D eigenvalue weighted by Gasteiger charge is -2.30. The van der Waals surface area contributed by atoms with Crippen molar-refractivity contribution in [2.45, 2.75) is 24.7 Å². The second kappa shape index (κ2) is 5.41. The van der Waals surface area contributed by atoms with Crippen LogP contribution in [0.3, 0.4) is 0 Å². The fraction of sp³-hybridized carbons (Fsp3) is 0.462. The first-order valence-corrected chi connectivity index (χ1v) is 7.92. The van der Waals surface area contributed by atoms with Gasteiger partial charge >= 0.3 is 0 Å². The van der Waals surface area contributed by atoms with E-state index in [2.05, 4.69) is 0 Å². The van der Waals surface area contributed by atoms with Crippen molar-refractivity contribution in [1.82, 2.24) is 4.31 Å². The molecular weight excluding hydrogens is 278 g/mol. The van der Waals surface area contributed by atoms with Gasteiger partial charge in [-0.25, -0.2) is 8.42 Å². The molecule has 1 aromatic rings. The van der Waals surface area contributed by atoms with Gasteiger partial charge in [0.1, 0.15) is 0 Å². The number of hydrogen-bond acceptors (Lipinski definition) is 4. The van der Waals surface area contributed by atoms with Crippen molar-refractivity contribution >= 4 is 21.6 Å². The van der Waals surface area contributed by atoms with E-state index >= 15 is 0 Å². The molecule has 0 spiro atoms. The first-order chi connectivity index (χ1) is 9.32. The molecule has 0 bridgehead atoms. The van der Waals surface area contributed by atoms with Crippen LogP contribution in [0.5, 0.6) is 0 Å². The molecule has 1 heterocycles. The van der Waals surface area contributed by atoms with Crippen molar-refractivity contribution in [1.29, 1.82) is 0 Å². The number of aryl methyl sites for hydroxylation is 1. The molecule has 1 fully saturated rings. The van der Waals surface area contributed by atoms with Crippen LogP contribution in [0.25, 0.3) is 0 Å². The van der Waals surface area contributed by atoms with Crippen LogP contribution in [0, 0.1) is 12.8 Å². The van der Waals surface area contributed by atoms with E-state index in [0.29, 0.717) is 30.6 Å². The van der Waals surface area contributed by atoms with Crippen molar-refractivity contribution in [3.63, 3.8) is 0 Å². The van der Waals surface area contributed by atoms with Crippen LogP contribution < -0.4 is 11.5 Å². The maximum Gasteiger partial charge on any atom is 0.243 e. The van der Waals surface area contributed by atoms with Gasteiger partial charge in [0, 0.05) is 18.8 Å². The number of benzene rings is 1. The third-order valence-corrected chi connectivity index (χ3v) is 5.63. The van der Waals surface area contributed by atoms with Gasteiger partial charge in [0.25, 0.3) is 0 Å². The fourth-order valence-corrected chi connectivity index (χ4v) is 4.22. The highest BCUT2D eigenvalue weighted by molar-refractivity contribution is 7.89. The van der Waals surface area contributed by atoms with Gasteiger partial charge in [-0.15, -0.1) is 0 Å². The van der Waals surface area contributed by atoms with E-state index < -0.39 is 21.8 Å². The predicted octanol–water partition coefficient (Wildman–Crippen LogP) is 0.463. The Morgan fingerprint density at radius 3 is 2.70 bits per heavy atom. The third kappa shape index (κ3) is 2.78. The van der Waals surface area contributed by atoms with Crippen molar-refractivity contribution < 1.29 is 13.2 Å². The molecule has 20 heavy (non-hydrogen) atoms. The highest BCUT2D eigenvalue weighted by atomic mass is 32.2. The molecule has 1 aromatic carbocycles. The number of amides is 1. The Balaban J connectivity index is 2.32. The molecule has 7 heteroatoms. The number of nitrogen functional groups attached to an aromatic ring is 1. The summed E-state index contributed by atoms with van der Waals surface area (Å²) < 4.78 is 26.6. The van der Waals surface area contributed by atoms with Gasteiger partial charge < -0.3 is 11.5 Å². The van der Waals surface area contributed by atoms with E-state index in [1.165, 1.54) is 10.4 Å². The number of nitrogens with zero attached hydrogens (tertiary/aromatic N) is 1. The normalized spacial score (nSPS) is 20.8. The van der Waals surface area contributed by atoms with Gasteiger partial charge in [0.2, 0.25) is 15.9 Å². The van der Waals surface area contributed by atoms with Crippen molar-refractivity contribution in [2.75, 3.05) is 18.8 Å². The molecule has 0 radical (unpaired) electrons. The van der Waals surface area contributed by atoms with E-state index in [-0.39, 0.29) is 11.4 Å². The Hall–Kier alpha value is -1.60. The quantitative estimate of drug-likeness (QED) is 0.790. The number of primary amides is 1. The highest BCUT2D eigenvalue weighted by Gasteiger charge is 2.33. The zero-order valence-corrected chi connectivity index (χ0v) is 12.2. The standard InChI is InChI=1S/C13H19N3O3S/c1-9-7-11(14)4-5-12(9)20(18,19)16-6-2-3-10(8-16)13(15)17/h4-5,7,10H,2-3,6,8,14H2,1H3,(H2,15,17). The summed E-state index contributed by atoms with van der Waals surface area (Å²) in [5, 5.41) is 0. The largest absolute Gasteiger partial charge is 0.399 e. The van der Waals surface area contributed by atoms with Crippen LogP contribution in [-0.2, 0) is 14.8 Å². The molecule has 6 nitrogen and oxygen atoms in total. The first kappa shape index (κ1) is 14.8. The summed E-state index contributed by atoms with van der Waals surface area (Å²) in [4.78, 5) is 11.5. The maximum absolute atomic E-state index is 12.6. The van der Waals surface area contributed by atoms with Crippen LogP contribution in [-0.4, -0.2) is 31.7 Å². The number of nitrogens with two attached hydrogens (primary N) is 2. The summed E-state index contributed by atoms with van der Waals surface area (Å²) in [6.07, 6.45) is 1.28. The number of carbonyl (C=O) groups excluding carboxylic acids is 1. The number of sulfonamides is 1. The molecular formula is C13H19N3O3S. The van der Waals surface area contributed by atoms with Crippen LogP contribution in [0.4, 0.5) is 5.69 Å². The summed E-state index contributed by atoms with van der Waals surface area (Å²) in [7, 11) is -3.61. The van der Waals surface area contributed by atoms with E-state index in [1.54, 1.807) is 19.1 Å². The summed E-state index contributed by atoms with van der Waals surface area (Å²) in [5.74, 6) is -0.855. The van der Waals surface area contributed by atoms with Crippen molar-refractivity contribution in [3.8, 4) is 0 Å². The molecule has 1 atom stereocenters. The number of anilines is 1. The van der Waals surface area contributed by atoms with Crippen LogP contribution in [0.15, 0.2) is 23.1 Å². The summed E-state index contributed by atoms with van der Waals surface area (Å²) in [6.45, 7) is 2.27. The lowest BCUT2D eigenvalue weighted by Crippen LogP contribution is -2.44. The number of carbonyl (C=O) groups is 1. The zero-order valence-electron chi connectivity index (χ0n) is 11.4. The van der Waals surface area contributed by atoms with E-state index in [0.717, 1.165) is 0 Å². The monoisotopic (exact) mass is 297 g/mol. The minimum atomic E-state index is -3.61.